The van der Waals surface area contributed by atoms with Crippen LogP contribution in [-0.2, 0) is 25.5 Å². The van der Waals surface area contributed by atoms with Gasteiger partial charge in [-0.25, -0.2) is 24.5 Å². The van der Waals surface area contributed by atoms with Crippen LogP contribution in [0.5, 0.6) is 0 Å². The Morgan fingerprint density at radius 3 is 2.88 bits per heavy atom. The number of aliphatic carboxylic acids is 1. The van der Waals surface area contributed by atoms with Gasteiger partial charge in [0.05, 0.1) is 19.5 Å². The van der Waals surface area contributed by atoms with E-state index in [2.05, 4.69) is 25.3 Å². The van der Waals surface area contributed by atoms with E-state index < -0.39 is 30.5 Å². The molecule has 186 valence electrons. The van der Waals surface area contributed by atoms with Crippen LogP contribution < -0.4 is 21.7 Å². The van der Waals surface area contributed by atoms with Gasteiger partial charge in [0.2, 0.25) is 0 Å². The van der Waals surface area contributed by atoms with Gasteiger partial charge in [0.25, 0.3) is 0 Å². The Morgan fingerprint density at radius 2 is 2.18 bits per heavy atom. The lowest BCUT2D eigenvalue weighted by Gasteiger charge is -2.16. The number of hydrogen-bond donors (Lipinski definition) is 4. The highest BCUT2D eigenvalue weighted by atomic mass is 16.7. The van der Waals surface area contributed by atoms with Crippen LogP contribution in [-0.4, -0.2) is 94.9 Å². The number of nitrogens with one attached hydrogen (secondary N) is 1. The van der Waals surface area contributed by atoms with Crippen molar-refractivity contribution in [1.82, 2.24) is 24.8 Å². The molecule has 2 aromatic heterocycles. The first-order valence-electron chi connectivity index (χ1n) is 10.6. The van der Waals surface area contributed by atoms with Gasteiger partial charge in [-0.1, -0.05) is 0 Å². The van der Waals surface area contributed by atoms with Crippen LogP contribution in [0, 0.1) is 0 Å². The number of carboxylic acids is 1. The molecule has 1 saturated heterocycles. The number of aliphatic imine (C=N–C) groups is 1. The van der Waals surface area contributed by atoms with Gasteiger partial charge in [-0.05, 0) is 12.8 Å². The van der Waals surface area contributed by atoms with Crippen molar-refractivity contribution in [2.45, 2.75) is 37.8 Å². The summed E-state index contributed by atoms with van der Waals surface area (Å²) < 4.78 is 18.3. The van der Waals surface area contributed by atoms with Gasteiger partial charge in [-0.15, -0.1) is 0 Å². The fraction of sp³-hybridized carbons (Fsp3) is 0.579. The Labute approximate surface area is 195 Å². The first-order chi connectivity index (χ1) is 16.2. The van der Waals surface area contributed by atoms with E-state index in [4.69, 9.17) is 25.7 Å². The van der Waals surface area contributed by atoms with Gasteiger partial charge in [0.1, 0.15) is 25.1 Å². The third-order valence-corrected chi connectivity index (χ3v) is 4.90. The zero-order valence-corrected chi connectivity index (χ0v) is 19.0. The summed E-state index contributed by atoms with van der Waals surface area (Å²) in [6.07, 6.45) is 1.67. The number of guanidine groups is 1. The summed E-state index contributed by atoms with van der Waals surface area (Å²) in [6, 6.07) is -1.13. The van der Waals surface area contributed by atoms with Crippen LogP contribution in [0.2, 0.25) is 0 Å². The summed E-state index contributed by atoms with van der Waals surface area (Å²) in [4.78, 5) is 41.9. The number of amides is 1. The average Bonchev–Trinajstić information content (AvgIpc) is 3.41. The Bertz CT molecular complexity index is 1020. The molecule has 2 aromatic rings. The number of fused-ring (bicyclic) bond motifs is 1. The molecule has 0 bridgehead atoms. The minimum atomic E-state index is -1.18. The molecule has 0 aromatic carbocycles. The standard InChI is InChI=1S/C19H29N9O6/c1-27(2)15-14-16(24-9-23-15)28(10-25-14)6-13-32-7-11(34-13)8-33-19(31)26-12(17(29)30)4-3-5-22-18(20)21/h9-13H,3-8H2,1-2H3,(H,26,31)(H,29,30)(H4,20,21,22)/t11?,12-,13?/m1/s1. The van der Waals surface area contributed by atoms with Crippen LogP contribution in [0.1, 0.15) is 12.8 Å². The first-order valence-corrected chi connectivity index (χ1v) is 10.6. The Balaban J connectivity index is 1.45. The third-order valence-electron chi connectivity index (χ3n) is 4.90. The summed E-state index contributed by atoms with van der Waals surface area (Å²) in [5, 5.41) is 11.6. The fourth-order valence-corrected chi connectivity index (χ4v) is 3.29. The van der Waals surface area contributed by atoms with Crippen molar-refractivity contribution in [3.8, 4) is 0 Å². The molecule has 1 aliphatic rings. The summed E-state index contributed by atoms with van der Waals surface area (Å²) >= 11 is 0. The summed E-state index contributed by atoms with van der Waals surface area (Å²) in [7, 11) is 3.74. The predicted octanol–water partition coefficient (Wildman–Crippen LogP) is -1.13. The van der Waals surface area contributed by atoms with Crippen LogP contribution >= 0.6 is 0 Å². The Hall–Kier alpha value is -3.72. The van der Waals surface area contributed by atoms with Crippen molar-refractivity contribution in [3.05, 3.63) is 12.7 Å². The minimum Gasteiger partial charge on any atom is -0.480 e. The zero-order chi connectivity index (χ0) is 24.7. The van der Waals surface area contributed by atoms with Crippen LogP contribution in [0.4, 0.5) is 10.6 Å². The van der Waals surface area contributed by atoms with E-state index in [1.54, 1.807) is 10.9 Å². The lowest BCUT2D eigenvalue weighted by Crippen LogP contribution is -2.42. The quantitative estimate of drug-likeness (QED) is 0.171. The number of nitrogens with two attached hydrogens (primary N) is 2. The second-order valence-electron chi connectivity index (χ2n) is 7.76. The van der Waals surface area contributed by atoms with Gasteiger partial charge < -0.3 is 45.6 Å². The van der Waals surface area contributed by atoms with Crippen molar-refractivity contribution >= 4 is 35.0 Å². The van der Waals surface area contributed by atoms with Gasteiger partial charge in [0.15, 0.2) is 29.2 Å². The number of carbonyl (C=O) groups excluding carboxylic acids is 1. The number of carbonyl (C=O) groups is 2. The zero-order valence-electron chi connectivity index (χ0n) is 19.0. The second-order valence-corrected chi connectivity index (χ2v) is 7.76. The fourth-order valence-electron chi connectivity index (χ4n) is 3.29. The molecule has 3 rings (SSSR count). The molecule has 15 heteroatoms. The first kappa shape index (κ1) is 24.9. The Kier molecular flexibility index (Phi) is 8.37. The monoisotopic (exact) mass is 479 g/mol. The average molecular weight is 479 g/mol. The normalized spacial score (nSPS) is 18.4. The number of alkyl carbamates (subject to hydrolysis) is 1. The number of anilines is 1. The molecular weight excluding hydrogens is 450 g/mol. The molecule has 0 spiro atoms. The maximum absolute atomic E-state index is 12.0. The van der Waals surface area contributed by atoms with Crippen molar-refractivity contribution in [1.29, 1.82) is 0 Å². The maximum atomic E-state index is 12.0. The smallest absolute Gasteiger partial charge is 0.407 e. The number of hydrogen-bond acceptors (Lipinski definition) is 10. The van der Waals surface area contributed by atoms with E-state index in [1.807, 2.05) is 19.0 Å². The molecule has 3 heterocycles. The summed E-state index contributed by atoms with van der Waals surface area (Å²) in [6.45, 7) is 0.704. The van der Waals surface area contributed by atoms with E-state index in [0.717, 1.165) is 0 Å². The molecule has 0 radical (unpaired) electrons. The molecular formula is C19H29N9O6. The maximum Gasteiger partial charge on any atom is 0.407 e. The molecule has 1 fully saturated rings. The SMILES string of the molecule is CN(C)c1ncnc2c1ncn2CC1OCC(COC(=O)N[C@H](CCCN=C(N)N)C(=O)O)O1. The van der Waals surface area contributed by atoms with Gasteiger partial charge in [-0.2, -0.15) is 0 Å². The molecule has 1 aliphatic heterocycles. The highest BCUT2D eigenvalue weighted by Gasteiger charge is 2.29. The molecule has 6 N–H and O–H groups in total. The Morgan fingerprint density at radius 1 is 1.38 bits per heavy atom. The van der Waals surface area contributed by atoms with Gasteiger partial charge >= 0.3 is 12.1 Å². The number of imidazole rings is 1. The van der Waals surface area contributed by atoms with Gasteiger partial charge in [-0.3, -0.25) is 4.99 Å². The summed E-state index contributed by atoms with van der Waals surface area (Å²) in [5.74, 6) is -0.565. The van der Waals surface area contributed by atoms with E-state index in [0.29, 0.717) is 29.9 Å². The molecule has 1 amide bonds. The molecule has 0 aliphatic carbocycles. The van der Waals surface area contributed by atoms with E-state index in [1.165, 1.54) is 6.33 Å². The van der Waals surface area contributed by atoms with Crippen molar-refractivity contribution in [3.63, 3.8) is 0 Å². The lowest BCUT2D eigenvalue weighted by molar-refractivity contribution is -0.139. The van der Waals surface area contributed by atoms with E-state index in [9.17, 15) is 14.7 Å². The number of nitrogens with zero attached hydrogens (tertiary/aromatic N) is 6. The highest BCUT2D eigenvalue weighted by molar-refractivity contribution is 5.83. The van der Waals surface area contributed by atoms with Crippen molar-refractivity contribution in [2.24, 2.45) is 16.5 Å². The third kappa shape index (κ3) is 6.64. The number of ether oxygens (including phenoxy) is 3. The topological polar surface area (TPSA) is 205 Å². The molecule has 0 saturated carbocycles. The lowest BCUT2D eigenvalue weighted by atomic mass is 10.1. The minimum absolute atomic E-state index is 0.0795. The number of rotatable bonds is 11. The molecule has 34 heavy (non-hydrogen) atoms. The van der Waals surface area contributed by atoms with E-state index in [-0.39, 0.29) is 32.1 Å². The van der Waals surface area contributed by atoms with E-state index >= 15 is 0 Å². The number of aromatic nitrogens is 4. The molecule has 2 unspecified atom stereocenters. The van der Waals surface area contributed by atoms with Crippen molar-refractivity contribution < 1.29 is 28.9 Å². The highest BCUT2D eigenvalue weighted by Crippen LogP contribution is 2.21. The van der Waals surface area contributed by atoms with Crippen LogP contribution in [0.3, 0.4) is 0 Å². The van der Waals surface area contributed by atoms with Crippen LogP contribution in [0.15, 0.2) is 17.6 Å². The second kappa shape index (κ2) is 11.4. The summed E-state index contributed by atoms with van der Waals surface area (Å²) in [5.41, 5.74) is 11.8. The van der Waals surface area contributed by atoms with Crippen molar-refractivity contribution in [2.75, 3.05) is 38.8 Å². The largest absolute Gasteiger partial charge is 0.480 e. The van der Waals surface area contributed by atoms with Crippen LogP contribution in [0.25, 0.3) is 11.2 Å². The van der Waals surface area contributed by atoms with Gasteiger partial charge in [0, 0.05) is 20.6 Å². The molecule has 3 atom stereocenters. The number of carboxylic acid groups (broad SMARTS) is 1. The predicted molar refractivity (Wildman–Crippen MR) is 120 cm³/mol. The molecule has 15 nitrogen and oxygen atoms in total.